The molecular weight excluding hydrogens is 331 g/mol. The number of para-hydroxylation sites is 1. The van der Waals surface area contributed by atoms with E-state index in [1.54, 1.807) is 42.5 Å². The van der Waals surface area contributed by atoms with E-state index < -0.39 is 23.3 Å². The Bertz CT molecular complexity index is 858. The van der Waals surface area contributed by atoms with Gasteiger partial charge in [0, 0.05) is 6.54 Å². The van der Waals surface area contributed by atoms with Gasteiger partial charge in [-0.1, -0.05) is 48.5 Å². The lowest BCUT2D eigenvalue weighted by Gasteiger charge is -2.13. The SMILES string of the molecule is O=C(NCc1ccccc1)c1cnn(-c2ccccc2)c1C(F)(F)F. The van der Waals surface area contributed by atoms with E-state index in [-0.39, 0.29) is 12.2 Å². The van der Waals surface area contributed by atoms with Crippen LogP contribution in [0.3, 0.4) is 0 Å². The molecule has 1 N–H and O–H groups in total. The predicted octanol–water partition coefficient (Wildman–Crippen LogP) is 3.82. The summed E-state index contributed by atoms with van der Waals surface area (Å²) in [4.78, 5) is 12.3. The molecule has 25 heavy (non-hydrogen) atoms. The van der Waals surface area contributed by atoms with Crippen LogP contribution in [0.2, 0.25) is 0 Å². The molecule has 128 valence electrons. The number of aromatic nitrogens is 2. The van der Waals surface area contributed by atoms with Gasteiger partial charge in [0.05, 0.1) is 17.4 Å². The average Bonchev–Trinajstić information content (AvgIpc) is 3.07. The van der Waals surface area contributed by atoms with E-state index in [1.807, 2.05) is 6.07 Å². The molecule has 0 fully saturated rings. The normalized spacial score (nSPS) is 11.3. The standard InChI is InChI=1S/C18H14F3N3O/c19-18(20,21)16-15(12-23-24(16)14-9-5-2-6-10-14)17(25)22-11-13-7-3-1-4-8-13/h1-10,12H,11H2,(H,22,25). The van der Waals surface area contributed by atoms with Crippen LogP contribution >= 0.6 is 0 Å². The lowest BCUT2D eigenvalue weighted by molar-refractivity contribution is -0.143. The summed E-state index contributed by atoms with van der Waals surface area (Å²) in [5.74, 6) is -0.821. The first-order valence-corrected chi connectivity index (χ1v) is 7.49. The highest BCUT2D eigenvalue weighted by molar-refractivity contribution is 5.95. The Kier molecular flexibility index (Phi) is 4.56. The van der Waals surface area contributed by atoms with E-state index in [0.29, 0.717) is 0 Å². The molecule has 0 bridgehead atoms. The van der Waals surface area contributed by atoms with Gasteiger partial charge in [-0.2, -0.15) is 18.3 Å². The molecule has 7 heteroatoms. The molecule has 3 rings (SSSR count). The van der Waals surface area contributed by atoms with Gasteiger partial charge in [-0.15, -0.1) is 0 Å². The van der Waals surface area contributed by atoms with Crippen molar-refractivity contribution in [1.29, 1.82) is 0 Å². The van der Waals surface area contributed by atoms with Crippen LogP contribution < -0.4 is 5.32 Å². The Labute approximate surface area is 141 Å². The van der Waals surface area contributed by atoms with Gasteiger partial charge in [-0.25, -0.2) is 4.68 Å². The molecule has 0 saturated carbocycles. The van der Waals surface area contributed by atoms with Gasteiger partial charge in [0.2, 0.25) is 0 Å². The predicted molar refractivity (Wildman–Crippen MR) is 86.2 cm³/mol. The molecule has 0 aliphatic carbocycles. The fourth-order valence-electron chi connectivity index (χ4n) is 2.43. The average molecular weight is 345 g/mol. The van der Waals surface area contributed by atoms with Crippen LogP contribution in [0.1, 0.15) is 21.6 Å². The van der Waals surface area contributed by atoms with Crippen molar-refractivity contribution >= 4 is 5.91 Å². The van der Waals surface area contributed by atoms with Crippen LogP contribution in [0.25, 0.3) is 5.69 Å². The van der Waals surface area contributed by atoms with Crippen molar-refractivity contribution in [2.75, 3.05) is 0 Å². The monoisotopic (exact) mass is 345 g/mol. The molecule has 3 aromatic rings. The van der Waals surface area contributed by atoms with Crippen molar-refractivity contribution in [3.05, 3.63) is 83.7 Å². The Morgan fingerprint density at radius 3 is 2.20 bits per heavy atom. The van der Waals surface area contributed by atoms with Gasteiger partial charge in [-0.05, 0) is 17.7 Å². The lowest BCUT2D eigenvalue weighted by Crippen LogP contribution is -2.26. The summed E-state index contributed by atoms with van der Waals surface area (Å²) in [6.07, 6.45) is -3.78. The first-order chi connectivity index (χ1) is 12.0. The van der Waals surface area contributed by atoms with Gasteiger partial charge >= 0.3 is 6.18 Å². The quantitative estimate of drug-likeness (QED) is 0.781. The summed E-state index contributed by atoms with van der Waals surface area (Å²) in [7, 11) is 0. The van der Waals surface area contributed by atoms with E-state index >= 15 is 0 Å². The summed E-state index contributed by atoms with van der Waals surface area (Å²) in [6.45, 7) is 0.132. The molecule has 2 aromatic carbocycles. The molecule has 1 heterocycles. The number of amides is 1. The summed E-state index contributed by atoms with van der Waals surface area (Å²) in [5.41, 5.74) is -0.576. The number of carbonyl (C=O) groups excluding carboxylic acids is 1. The molecule has 4 nitrogen and oxygen atoms in total. The van der Waals surface area contributed by atoms with Gasteiger partial charge in [-0.3, -0.25) is 4.79 Å². The Morgan fingerprint density at radius 1 is 1.00 bits per heavy atom. The van der Waals surface area contributed by atoms with Crippen LogP contribution in [0.4, 0.5) is 13.2 Å². The minimum atomic E-state index is -4.72. The highest BCUT2D eigenvalue weighted by atomic mass is 19.4. The van der Waals surface area contributed by atoms with Crippen molar-refractivity contribution in [2.24, 2.45) is 0 Å². The topological polar surface area (TPSA) is 46.9 Å². The zero-order chi connectivity index (χ0) is 17.9. The second-order valence-electron chi connectivity index (χ2n) is 5.32. The second-order valence-corrected chi connectivity index (χ2v) is 5.32. The minimum absolute atomic E-state index is 0.132. The highest BCUT2D eigenvalue weighted by Gasteiger charge is 2.40. The van der Waals surface area contributed by atoms with E-state index in [2.05, 4.69) is 10.4 Å². The molecular formula is C18H14F3N3O. The maximum atomic E-state index is 13.5. The van der Waals surface area contributed by atoms with Gasteiger partial charge in [0.25, 0.3) is 5.91 Å². The zero-order valence-corrected chi connectivity index (χ0v) is 13.0. The van der Waals surface area contributed by atoms with Crippen molar-refractivity contribution in [1.82, 2.24) is 15.1 Å². The number of nitrogens with one attached hydrogen (secondary N) is 1. The van der Waals surface area contributed by atoms with E-state index in [0.717, 1.165) is 16.4 Å². The number of alkyl halides is 3. The summed E-state index contributed by atoms with van der Waals surface area (Å²) < 4.78 is 41.3. The van der Waals surface area contributed by atoms with Gasteiger partial charge in [0.1, 0.15) is 0 Å². The molecule has 1 amide bonds. The fraction of sp³-hybridized carbons (Fsp3) is 0.111. The van der Waals surface area contributed by atoms with Crippen molar-refractivity contribution in [3.8, 4) is 5.69 Å². The van der Waals surface area contributed by atoms with Crippen LogP contribution in [0.5, 0.6) is 0 Å². The summed E-state index contributed by atoms with van der Waals surface area (Å²) in [5, 5.41) is 6.27. The Hall–Kier alpha value is -3.09. The summed E-state index contributed by atoms with van der Waals surface area (Å²) >= 11 is 0. The smallest absolute Gasteiger partial charge is 0.348 e. The van der Waals surface area contributed by atoms with Crippen molar-refractivity contribution in [2.45, 2.75) is 12.7 Å². The first kappa shape index (κ1) is 16.8. The maximum Gasteiger partial charge on any atom is 0.434 e. The number of carbonyl (C=O) groups is 1. The fourth-order valence-corrected chi connectivity index (χ4v) is 2.43. The van der Waals surface area contributed by atoms with Gasteiger partial charge in [0.15, 0.2) is 5.69 Å². The molecule has 0 atom stereocenters. The zero-order valence-electron chi connectivity index (χ0n) is 13.0. The van der Waals surface area contributed by atoms with E-state index in [9.17, 15) is 18.0 Å². The third kappa shape index (κ3) is 3.71. The van der Waals surface area contributed by atoms with Crippen molar-refractivity contribution < 1.29 is 18.0 Å². The number of rotatable bonds is 4. The highest BCUT2D eigenvalue weighted by Crippen LogP contribution is 2.33. The lowest BCUT2D eigenvalue weighted by atomic mass is 10.2. The van der Waals surface area contributed by atoms with E-state index in [1.165, 1.54) is 12.1 Å². The van der Waals surface area contributed by atoms with Crippen LogP contribution in [-0.4, -0.2) is 15.7 Å². The van der Waals surface area contributed by atoms with Gasteiger partial charge < -0.3 is 5.32 Å². The van der Waals surface area contributed by atoms with Crippen LogP contribution in [-0.2, 0) is 12.7 Å². The van der Waals surface area contributed by atoms with Crippen LogP contribution in [0.15, 0.2) is 66.9 Å². The maximum absolute atomic E-state index is 13.5. The van der Waals surface area contributed by atoms with E-state index in [4.69, 9.17) is 0 Å². The minimum Gasteiger partial charge on any atom is -0.348 e. The Morgan fingerprint density at radius 2 is 1.60 bits per heavy atom. The summed E-state index contributed by atoms with van der Waals surface area (Å²) in [6, 6.07) is 16.8. The second kappa shape index (κ2) is 6.80. The Balaban J connectivity index is 1.91. The number of benzene rings is 2. The first-order valence-electron chi connectivity index (χ1n) is 7.49. The third-order valence-electron chi connectivity index (χ3n) is 3.58. The molecule has 0 radical (unpaired) electrons. The third-order valence-corrected chi connectivity index (χ3v) is 3.58. The number of nitrogens with zero attached hydrogens (tertiary/aromatic N) is 2. The number of hydrogen-bond acceptors (Lipinski definition) is 2. The molecule has 0 aliphatic rings. The largest absolute Gasteiger partial charge is 0.434 e. The molecule has 0 saturated heterocycles. The van der Waals surface area contributed by atoms with Crippen molar-refractivity contribution in [3.63, 3.8) is 0 Å². The number of hydrogen-bond donors (Lipinski definition) is 1. The molecule has 0 spiro atoms. The molecule has 0 unspecified atom stereocenters. The number of halogens is 3. The molecule has 1 aromatic heterocycles. The molecule has 0 aliphatic heterocycles. The van der Waals surface area contributed by atoms with Crippen LogP contribution in [0, 0.1) is 0 Å².